The fraction of sp³-hybridized carbons (Fsp3) is 0. The average Bonchev–Trinajstić information content (AvgIpc) is 2.41. The van der Waals surface area contributed by atoms with Crippen molar-refractivity contribution < 1.29 is 8.42 Å². The Morgan fingerprint density at radius 3 is 2.43 bits per heavy atom. The van der Waals surface area contributed by atoms with Crippen LogP contribution in [0.15, 0.2) is 27.9 Å². The van der Waals surface area contributed by atoms with Crippen molar-refractivity contribution in [2.45, 2.75) is 4.90 Å². The van der Waals surface area contributed by atoms with Gasteiger partial charge in [0.25, 0.3) is 0 Å². The number of nitrogens with one attached hydrogen (secondary N) is 2. The topological polar surface area (TPSA) is 109 Å². The van der Waals surface area contributed by atoms with Crippen LogP contribution in [-0.4, -0.2) is 18.4 Å². The minimum Gasteiger partial charge on any atom is -0.306 e. The first-order chi connectivity index (χ1) is 6.47. The van der Waals surface area contributed by atoms with Crippen molar-refractivity contribution in [3.8, 4) is 0 Å². The number of primary sulfonamides is 1. The van der Waals surface area contributed by atoms with Crippen LogP contribution < -0.4 is 10.8 Å². The van der Waals surface area contributed by atoms with Crippen molar-refractivity contribution in [3.63, 3.8) is 0 Å². The highest BCUT2D eigenvalue weighted by Crippen LogP contribution is 2.12. The molecule has 0 aliphatic carbocycles. The number of aromatic amines is 2. The van der Waals surface area contributed by atoms with Crippen molar-refractivity contribution >= 4 is 21.1 Å². The molecular weight excluding hydrogens is 206 g/mol. The second kappa shape index (κ2) is 2.69. The summed E-state index contributed by atoms with van der Waals surface area (Å²) in [6.07, 6.45) is 0. The molecule has 1 heterocycles. The molecule has 1 aromatic carbocycles. The Morgan fingerprint density at radius 2 is 1.79 bits per heavy atom. The van der Waals surface area contributed by atoms with Crippen LogP contribution in [0.3, 0.4) is 0 Å². The summed E-state index contributed by atoms with van der Waals surface area (Å²) in [5.41, 5.74) is 0.579. The molecule has 4 N–H and O–H groups in total. The van der Waals surface area contributed by atoms with Crippen LogP contribution in [0.25, 0.3) is 11.0 Å². The molecule has 74 valence electrons. The number of hydrogen-bond donors (Lipinski definition) is 3. The number of sulfonamides is 1. The van der Waals surface area contributed by atoms with E-state index in [1.165, 1.54) is 18.2 Å². The van der Waals surface area contributed by atoms with Crippen LogP contribution in [0.4, 0.5) is 0 Å². The second-order valence-electron chi connectivity index (χ2n) is 2.83. The normalized spacial score (nSPS) is 12.1. The number of H-pyrrole nitrogens is 2. The Kier molecular flexibility index (Phi) is 1.73. The monoisotopic (exact) mass is 213 g/mol. The molecule has 0 bridgehead atoms. The van der Waals surface area contributed by atoms with Crippen LogP contribution in [0.5, 0.6) is 0 Å². The smallest absolute Gasteiger partial charge is 0.306 e. The van der Waals surface area contributed by atoms with E-state index in [1.807, 2.05) is 0 Å². The summed E-state index contributed by atoms with van der Waals surface area (Å²) in [7, 11) is -3.72. The summed E-state index contributed by atoms with van der Waals surface area (Å²) in [6, 6.07) is 4.12. The molecule has 6 nitrogen and oxygen atoms in total. The molecule has 0 radical (unpaired) electrons. The Hall–Kier alpha value is -1.60. The molecule has 1 aromatic heterocycles. The third kappa shape index (κ3) is 1.42. The van der Waals surface area contributed by atoms with Gasteiger partial charge in [0, 0.05) is 0 Å². The molecule has 2 rings (SSSR count). The number of imidazole rings is 1. The maximum Gasteiger partial charge on any atom is 0.323 e. The Labute approximate surface area is 78.8 Å². The fourth-order valence-electron chi connectivity index (χ4n) is 1.19. The quantitative estimate of drug-likeness (QED) is 0.594. The number of nitrogens with two attached hydrogens (primary N) is 1. The van der Waals surface area contributed by atoms with Gasteiger partial charge in [-0.25, -0.2) is 18.4 Å². The van der Waals surface area contributed by atoms with Crippen molar-refractivity contribution in [1.29, 1.82) is 0 Å². The molecule has 0 fully saturated rings. The van der Waals surface area contributed by atoms with Crippen LogP contribution in [-0.2, 0) is 10.0 Å². The number of aromatic nitrogens is 2. The molecule has 0 aliphatic heterocycles. The highest BCUT2D eigenvalue weighted by molar-refractivity contribution is 7.89. The minimum atomic E-state index is -3.72. The molecule has 0 unspecified atom stereocenters. The van der Waals surface area contributed by atoms with Gasteiger partial charge in [-0.2, -0.15) is 0 Å². The predicted molar refractivity (Wildman–Crippen MR) is 50.3 cm³/mol. The highest BCUT2D eigenvalue weighted by atomic mass is 32.2. The van der Waals surface area contributed by atoms with E-state index in [0.717, 1.165) is 0 Å². The lowest BCUT2D eigenvalue weighted by molar-refractivity contribution is 0.598. The molecule has 0 aliphatic rings. The van der Waals surface area contributed by atoms with Gasteiger partial charge in [-0.3, -0.25) is 0 Å². The number of fused-ring (bicyclic) bond motifs is 1. The fourth-order valence-corrected chi connectivity index (χ4v) is 1.73. The zero-order valence-electron chi connectivity index (χ0n) is 6.94. The summed E-state index contributed by atoms with van der Waals surface area (Å²) < 4.78 is 21.9. The lowest BCUT2D eigenvalue weighted by Crippen LogP contribution is -2.11. The summed E-state index contributed by atoms with van der Waals surface area (Å²) in [5.74, 6) is 0. The predicted octanol–water partition coefficient (Wildman–Crippen LogP) is -0.496. The van der Waals surface area contributed by atoms with E-state index >= 15 is 0 Å². The average molecular weight is 213 g/mol. The molecule has 0 saturated carbocycles. The maximum absolute atomic E-state index is 11.0. The van der Waals surface area contributed by atoms with E-state index < -0.39 is 10.0 Å². The van der Waals surface area contributed by atoms with E-state index in [9.17, 15) is 13.2 Å². The minimum absolute atomic E-state index is 0.0275. The molecule has 0 amide bonds. The first-order valence-electron chi connectivity index (χ1n) is 3.72. The first-order valence-corrected chi connectivity index (χ1v) is 5.26. The molecule has 7 heteroatoms. The number of benzene rings is 1. The maximum atomic E-state index is 11.0. The first kappa shape index (κ1) is 8.97. The largest absolute Gasteiger partial charge is 0.323 e. The SMILES string of the molecule is NS(=O)(=O)c1ccc2[nH]c(=O)[nH]c2c1. The Morgan fingerprint density at radius 1 is 1.14 bits per heavy atom. The van der Waals surface area contributed by atoms with Crippen molar-refractivity contribution in [3.05, 3.63) is 28.7 Å². The van der Waals surface area contributed by atoms with E-state index in [2.05, 4.69) is 9.97 Å². The van der Waals surface area contributed by atoms with Gasteiger partial charge in [-0.05, 0) is 18.2 Å². The van der Waals surface area contributed by atoms with Crippen molar-refractivity contribution in [2.24, 2.45) is 5.14 Å². The van der Waals surface area contributed by atoms with Crippen LogP contribution in [0, 0.1) is 0 Å². The summed E-state index contributed by atoms with van der Waals surface area (Å²) >= 11 is 0. The standard InChI is InChI=1S/C7H7N3O3S/c8-14(12,13)4-1-2-5-6(3-4)10-7(11)9-5/h1-3H,(H2,8,12,13)(H2,9,10,11). The van der Waals surface area contributed by atoms with E-state index in [4.69, 9.17) is 5.14 Å². The third-order valence-electron chi connectivity index (χ3n) is 1.82. The number of rotatable bonds is 1. The summed E-state index contributed by atoms with van der Waals surface area (Å²) in [4.78, 5) is 15.8. The van der Waals surface area contributed by atoms with Gasteiger partial charge in [0.15, 0.2) is 0 Å². The van der Waals surface area contributed by atoms with Gasteiger partial charge in [-0.15, -0.1) is 0 Å². The van der Waals surface area contributed by atoms with E-state index in [1.54, 1.807) is 0 Å². The zero-order chi connectivity index (χ0) is 10.3. The Balaban J connectivity index is 2.80. The summed E-state index contributed by atoms with van der Waals surface area (Å²) in [5, 5.41) is 4.92. The van der Waals surface area contributed by atoms with Crippen LogP contribution in [0.1, 0.15) is 0 Å². The molecule has 0 atom stereocenters. The Bertz CT molecular complexity index is 637. The van der Waals surface area contributed by atoms with Gasteiger partial charge < -0.3 is 9.97 Å². The van der Waals surface area contributed by atoms with Gasteiger partial charge in [0.05, 0.1) is 15.9 Å². The molecular formula is C7H7N3O3S. The lowest BCUT2D eigenvalue weighted by atomic mass is 10.3. The second-order valence-corrected chi connectivity index (χ2v) is 4.39. The van der Waals surface area contributed by atoms with Gasteiger partial charge >= 0.3 is 5.69 Å². The molecule has 0 saturated heterocycles. The molecule has 2 aromatic rings. The third-order valence-corrected chi connectivity index (χ3v) is 2.73. The van der Waals surface area contributed by atoms with Gasteiger partial charge in [0.1, 0.15) is 0 Å². The number of hydrogen-bond acceptors (Lipinski definition) is 3. The van der Waals surface area contributed by atoms with E-state index in [0.29, 0.717) is 11.0 Å². The van der Waals surface area contributed by atoms with Gasteiger partial charge in [0.2, 0.25) is 10.0 Å². The highest BCUT2D eigenvalue weighted by Gasteiger charge is 2.08. The van der Waals surface area contributed by atoms with Crippen molar-refractivity contribution in [2.75, 3.05) is 0 Å². The van der Waals surface area contributed by atoms with Gasteiger partial charge in [-0.1, -0.05) is 0 Å². The zero-order valence-corrected chi connectivity index (χ0v) is 7.76. The van der Waals surface area contributed by atoms with E-state index in [-0.39, 0.29) is 10.6 Å². The molecule has 0 spiro atoms. The lowest BCUT2D eigenvalue weighted by Gasteiger charge is -1.96. The van der Waals surface area contributed by atoms with Crippen molar-refractivity contribution in [1.82, 2.24) is 9.97 Å². The van der Waals surface area contributed by atoms with Crippen LogP contribution in [0.2, 0.25) is 0 Å². The van der Waals surface area contributed by atoms with Crippen LogP contribution >= 0.6 is 0 Å². The summed E-state index contributed by atoms with van der Waals surface area (Å²) in [6.45, 7) is 0. The molecule has 14 heavy (non-hydrogen) atoms.